The van der Waals surface area contributed by atoms with Crippen molar-refractivity contribution in [3.63, 3.8) is 0 Å². The first kappa shape index (κ1) is 19.3. The van der Waals surface area contributed by atoms with Crippen LogP contribution < -0.4 is 5.46 Å². The van der Waals surface area contributed by atoms with Crippen LogP contribution in [-0.4, -0.2) is 47.4 Å². The number of hydrogen-bond donors (Lipinski definition) is 1. The van der Waals surface area contributed by atoms with Crippen LogP contribution in [0, 0.1) is 5.82 Å². The standard InChI is InChI=1S/C19H27BFNO5/c1-16(2)17(3,4)27-20(26-16)13-11-14(21)15(22-12-13)18(23)5-7-19(8-6-18)24-9-10-25-19/h11-12,23H,5-10H2,1-4H3. The van der Waals surface area contributed by atoms with Crippen LogP contribution in [0.5, 0.6) is 0 Å². The highest BCUT2D eigenvalue weighted by molar-refractivity contribution is 6.62. The summed E-state index contributed by atoms with van der Waals surface area (Å²) in [7, 11) is -0.685. The van der Waals surface area contributed by atoms with E-state index in [1.54, 1.807) is 0 Å². The zero-order valence-electron chi connectivity index (χ0n) is 16.4. The molecule has 148 valence electrons. The summed E-state index contributed by atoms with van der Waals surface area (Å²) in [5.41, 5.74) is -1.77. The van der Waals surface area contributed by atoms with Gasteiger partial charge in [0, 0.05) is 24.5 Å². The lowest BCUT2D eigenvalue weighted by atomic mass is 9.77. The molecule has 0 unspecified atom stereocenters. The molecule has 2 aliphatic heterocycles. The van der Waals surface area contributed by atoms with Gasteiger partial charge in [-0.1, -0.05) is 0 Å². The molecule has 8 heteroatoms. The minimum Gasteiger partial charge on any atom is -0.399 e. The summed E-state index contributed by atoms with van der Waals surface area (Å²) in [5.74, 6) is -1.17. The molecule has 3 heterocycles. The van der Waals surface area contributed by atoms with Crippen LogP contribution in [0.3, 0.4) is 0 Å². The van der Waals surface area contributed by atoms with E-state index in [0.717, 1.165) is 0 Å². The maximum Gasteiger partial charge on any atom is 0.496 e. The lowest BCUT2D eigenvalue weighted by molar-refractivity contribution is -0.205. The summed E-state index contributed by atoms with van der Waals surface area (Å²) in [5, 5.41) is 11.0. The van der Waals surface area contributed by atoms with Crippen molar-refractivity contribution in [3.05, 3.63) is 23.8 Å². The number of halogens is 1. The van der Waals surface area contributed by atoms with Crippen LogP contribution in [0.2, 0.25) is 0 Å². The Morgan fingerprint density at radius 3 is 2.07 bits per heavy atom. The van der Waals surface area contributed by atoms with Crippen molar-refractivity contribution < 1.29 is 28.3 Å². The van der Waals surface area contributed by atoms with Crippen molar-refractivity contribution in [2.45, 2.75) is 76.0 Å². The quantitative estimate of drug-likeness (QED) is 0.793. The Balaban J connectivity index is 1.53. The van der Waals surface area contributed by atoms with E-state index in [4.69, 9.17) is 18.8 Å². The van der Waals surface area contributed by atoms with Crippen molar-refractivity contribution in [1.29, 1.82) is 0 Å². The maximum atomic E-state index is 14.9. The Morgan fingerprint density at radius 1 is 1.00 bits per heavy atom. The van der Waals surface area contributed by atoms with E-state index < -0.39 is 35.5 Å². The number of nitrogens with zero attached hydrogens (tertiary/aromatic N) is 1. The first-order chi connectivity index (χ1) is 12.6. The molecule has 1 spiro atoms. The maximum absolute atomic E-state index is 14.9. The summed E-state index contributed by atoms with van der Waals surface area (Å²) < 4.78 is 38.2. The summed E-state index contributed by atoms with van der Waals surface area (Å²) >= 11 is 0. The van der Waals surface area contributed by atoms with E-state index in [0.29, 0.717) is 44.4 Å². The molecule has 1 aromatic heterocycles. The molecule has 2 saturated heterocycles. The van der Waals surface area contributed by atoms with E-state index in [9.17, 15) is 9.50 Å². The van der Waals surface area contributed by atoms with E-state index in [2.05, 4.69) is 4.98 Å². The van der Waals surface area contributed by atoms with Crippen LogP contribution in [0.4, 0.5) is 4.39 Å². The van der Waals surface area contributed by atoms with E-state index in [1.807, 2.05) is 27.7 Å². The highest BCUT2D eigenvalue weighted by atomic mass is 19.1. The third kappa shape index (κ3) is 3.21. The fourth-order valence-electron chi connectivity index (χ4n) is 3.97. The Morgan fingerprint density at radius 2 is 1.56 bits per heavy atom. The van der Waals surface area contributed by atoms with Gasteiger partial charge in [0.05, 0.1) is 24.4 Å². The zero-order valence-corrected chi connectivity index (χ0v) is 16.4. The highest BCUT2D eigenvalue weighted by Crippen LogP contribution is 2.45. The SMILES string of the molecule is CC1(C)OB(c2cnc(C3(O)CCC4(CC3)OCCO4)c(F)c2)OC1(C)C. The normalized spacial score (nSPS) is 28.0. The molecule has 3 fully saturated rings. The van der Waals surface area contributed by atoms with E-state index in [1.165, 1.54) is 12.3 Å². The monoisotopic (exact) mass is 379 g/mol. The largest absolute Gasteiger partial charge is 0.496 e. The molecule has 1 aromatic rings. The first-order valence-corrected chi connectivity index (χ1v) is 9.58. The predicted octanol–water partition coefficient (Wildman–Crippen LogP) is 2.02. The molecule has 0 atom stereocenters. The van der Waals surface area contributed by atoms with Crippen LogP contribution in [0.1, 0.15) is 59.1 Å². The third-order valence-electron chi connectivity index (χ3n) is 6.48. The van der Waals surface area contributed by atoms with Gasteiger partial charge in [0.1, 0.15) is 17.1 Å². The Labute approximate surface area is 159 Å². The fraction of sp³-hybridized carbons (Fsp3) is 0.737. The number of hydrogen-bond acceptors (Lipinski definition) is 6. The topological polar surface area (TPSA) is 70.0 Å². The summed E-state index contributed by atoms with van der Waals surface area (Å²) in [6, 6.07) is 1.36. The summed E-state index contributed by atoms with van der Waals surface area (Å²) in [4.78, 5) is 4.26. The van der Waals surface area contributed by atoms with E-state index in [-0.39, 0.29) is 5.69 Å². The second-order valence-electron chi connectivity index (χ2n) is 8.83. The Bertz CT molecular complexity index is 709. The Hall–Kier alpha value is -1.06. The average Bonchev–Trinajstić information content (AvgIpc) is 3.13. The van der Waals surface area contributed by atoms with Gasteiger partial charge >= 0.3 is 7.12 Å². The van der Waals surface area contributed by atoms with Gasteiger partial charge in [0.15, 0.2) is 5.79 Å². The number of aromatic nitrogens is 1. The molecular formula is C19H27BFNO5. The van der Waals surface area contributed by atoms with Gasteiger partial charge < -0.3 is 23.9 Å². The fourth-order valence-corrected chi connectivity index (χ4v) is 3.97. The molecule has 0 bridgehead atoms. The molecule has 1 N–H and O–H groups in total. The molecule has 27 heavy (non-hydrogen) atoms. The van der Waals surface area contributed by atoms with Crippen LogP contribution in [-0.2, 0) is 24.4 Å². The number of rotatable bonds is 2. The number of aliphatic hydroxyl groups is 1. The molecular weight excluding hydrogens is 352 g/mol. The third-order valence-corrected chi connectivity index (χ3v) is 6.48. The van der Waals surface area contributed by atoms with Gasteiger partial charge in [0.25, 0.3) is 0 Å². The van der Waals surface area contributed by atoms with Gasteiger partial charge in [-0.05, 0) is 46.6 Å². The lowest BCUT2D eigenvalue weighted by Gasteiger charge is -2.40. The molecule has 1 aliphatic carbocycles. The van der Waals surface area contributed by atoms with Gasteiger partial charge in [-0.25, -0.2) is 4.39 Å². The van der Waals surface area contributed by atoms with Crippen molar-refractivity contribution in [2.24, 2.45) is 0 Å². The van der Waals surface area contributed by atoms with Gasteiger partial charge in [-0.15, -0.1) is 0 Å². The van der Waals surface area contributed by atoms with Crippen LogP contribution in [0.25, 0.3) is 0 Å². The minimum atomic E-state index is -1.32. The van der Waals surface area contributed by atoms with Crippen molar-refractivity contribution >= 4 is 12.6 Å². The van der Waals surface area contributed by atoms with Crippen molar-refractivity contribution in [2.75, 3.05) is 13.2 Å². The molecule has 0 radical (unpaired) electrons. The van der Waals surface area contributed by atoms with Crippen molar-refractivity contribution in [3.8, 4) is 0 Å². The zero-order chi connectivity index (χ0) is 19.5. The highest BCUT2D eigenvalue weighted by Gasteiger charge is 2.52. The number of pyridine rings is 1. The molecule has 0 aromatic carbocycles. The van der Waals surface area contributed by atoms with Gasteiger partial charge in [-0.3, -0.25) is 4.98 Å². The molecule has 6 nitrogen and oxygen atoms in total. The van der Waals surface area contributed by atoms with Gasteiger partial charge in [0.2, 0.25) is 0 Å². The van der Waals surface area contributed by atoms with E-state index >= 15 is 0 Å². The molecule has 4 rings (SSSR count). The number of ether oxygens (including phenoxy) is 2. The van der Waals surface area contributed by atoms with Gasteiger partial charge in [-0.2, -0.15) is 0 Å². The van der Waals surface area contributed by atoms with Crippen LogP contribution >= 0.6 is 0 Å². The average molecular weight is 379 g/mol. The summed E-state index contributed by atoms with van der Waals surface area (Å²) in [6.07, 6.45) is 3.25. The Kier molecular flexibility index (Phi) is 4.44. The summed E-state index contributed by atoms with van der Waals surface area (Å²) in [6.45, 7) is 8.90. The predicted molar refractivity (Wildman–Crippen MR) is 96.9 cm³/mol. The van der Waals surface area contributed by atoms with Crippen molar-refractivity contribution in [1.82, 2.24) is 4.98 Å². The smallest absolute Gasteiger partial charge is 0.399 e. The lowest BCUT2D eigenvalue weighted by Crippen LogP contribution is -2.43. The molecule has 0 amide bonds. The minimum absolute atomic E-state index is 0.0654. The second kappa shape index (κ2) is 6.22. The molecule has 1 saturated carbocycles. The first-order valence-electron chi connectivity index (χ1n) is 9.58. The molecule has 3 aliphatic rings. The second-order valence-corrected chi connectivity index (χ2v) is 8.83. The van der Waals surface area contributed by atoms with Crippen LogP contribution in [0.15, 0.2) is 12.3 Å².